The molecule has 0 unspecified atom stereocenters. The second kappa shape index (κ2) is 4.08. The van der Waals surface area contributed by atoms with Crippen LogP contribution in [0.2, 0.25) is 0 Å². The molecule has 2 aliphatic carbocycles. The minimum absolute atomic E-state index is 0.148. The second-order valence-electron chi connectivity index (χ2n) is 6.63. The zero-order valence-electron chi connectivity index (χ0n) is 12.0. The Morgan fingerprint density at radius 3 is 1.42 bits per heavy atom. The standard InChI is InChI=1S/C18H20S/c1-17(2)9-5-13-14-6-10-18(3,4)12-8-16(14)19-15(13)7-11-17/h5-12H,1-4H3. The lowest BCUT2D eigenvalue weighted by atomic mass is 9.92. The van der Waals surface area contributed by atoms with Crippen molar-refractivity contribution in [1.29, 1.82) is 0 Å². The highest BCUT2D eigenvalue weighted by Gasteiger charge is 2.20. The summed E-state index contributed by atoms with van der Waals surface area (Å²) >= 11 is 1.89. The van der Waals surface area contributed by atoms with E-state index in [1.807, 2.05) is 11.3 Å². The van der Waals surface area contributed by atoms with E-state index in [1.54, 1.807) is 0 Å². The molecule has 0 radical (unpaired) electrons. The van der Waals surface area contributed by atoms with E-state index in [-0.39, 0.29) is 10.8 Å². The van der Waals surface area contributed by atoms with Gasteiger partial charge in [0.25, 0.3) is 0 Å². The molecule has 19 heavy (non-hydrogen) atoms. The van der Waals surface area contributed by atoms with Crippen LogP contribution in [0, 0.1) is 10.8 Å². The number of allylic oxidation sites excluding steroid dienone is 4. The third-order valence-corrected chi connectivity index (χ3v) is 4.88. The van der Waals surface area contributed by atoms with Crippen LogP contribution in [0.3, 0.4) is 0 Å². The van der Waals surface area contributed by atoms with Crippen molar-refractivity contribution in [2.24, 2.45) is 10.8 Å². The molecular formula is C18H20S. The van der Waals surface area contributed by atoms with Crippen LogP contribution in [-0.4, -0.2) is 0 Å². The van der Waals surface area contributed by atoms with Crippen LogP contribution in [0.4, 0.5) is 0 Å². The van der Waals surface area contributed by atoms with Crippen LogP contribution in [0.1, 0.15) is 48.6 Å². The maximum absolute atomic E-state index is 2.30. The van der Waals surface area contributed by atoms with Gasteiger partial charge in [-0.15, -0.1) is 11.3 Å². The summed E-state index contributed by atoms with van der Waals surface area (Å²) in [7, 11) is 0. The van der Waals surface area contributed by atoms with E-state index in [2.05, 4.69) is 76.3 Å². The van der Waals surface area contributed by atoms with Crippen molar-refractivity contribution in [1.82, 2.24) is 0 Å². The predicted octanol–water partition coefficient (Wildman–Crippen LogP) is 5.88. The molecule has 0 aromatic carbocycles. The second-order valence-corrected chi connectivity index (χ2v) is 7.72. The van der Waals surface area contributed by atoms with E-state index in [1.165, 1.54) is 20.9 Å². The third kappa shape index (κ3) is 2.40. The fourth-order valence-corrected chi connectivity index (χ4v) is 3.46. The van der Waals surface area contributed by atoms with Gasteiger partial charge in [-0.3, -0.25) is 0 Å². The van der Waals surface area contributed by atoms with Crippen LogP contribution in [0.15, 0.2) is 24.3 Å². The highest BCUT2D eigenvalue weighted by Crippen LogP contribution is 2.40. The predicted molar refractivity (Wildman–Crippen MR) is 88.0 cm³/mol. The molecule has 0 nitrogen and oxygen atoms in total. The van der Waals surface area contributed by atoms with Crippen molar-refractivity contribution < 1.29 is 0 Å². The Morgan fingerprint density at radius 2 is 1.00 bits per heavy atom. The lowest BCUT2D eigenvalue weighted by molar-refractivity contribution is 0.633. The molecule has 98 valence electrons. The Labute approximate surface area is 119 Å². The SMILES string of the molecule is CC1(C)C=Cc2sc3c(c2C=C1)C=CC(C)(C)C=C3. The topological polar surface area (TPSA) is 0 Å². The minimum Gasteiger partial charge on any atom is -0.135 e. The molecule has 0 amide bonds. The van der Waals surface area contributed by atoms with Crippen molar-refractivity contribution >= 4 is 35.6 Å². The lowest BCUT2D eigenvalue weighted by Crippen LogP contribution is -2.00. The highest BCUT2D eigenvalue weighted by molar-refractivity contribution is 7.14. The molecule has 0 saturated carbocycles. The van der Waals surface area contributed by atoms with Gasteiger partial charge in [0, 0.05) is 20.6 Å². The number of hydrogen-bond acceptors (Lipinski definition) is 1. The normalized spacial score (nSPS) is 21.7. The molecule has 0 aliphatic heterocycles. The summed E-state index contributed by atoms with van der Waals surface area (Å²) in [5.41, 5.74) is 3.05. The van der Waals surface area contributed by atoms with Crippen LogP contribution in [-0.2, 0) is 0 Å². The molecular weight excluding hydrogens is 248 g/mol. The molecule has 1 aromatic rings. The van der Waals surface area contributed by atoms with E-state index in [9.17, 15) is 0 Å². The molecule has 0 N–H and O–H groups in total. The van der Waals surface area contributed by atoms with Gasteiger partial charge < -0.3 is 0 Å². The van der Waals surface area contributed by atoms with Crippen LogP contribution in [0.5, 0.6) is 0 Å². The molecule has 1 heterocycles. The summed E-state index contributed by atoms with van der Waals surface area (Å²) < 4.78 is 0. The monoisotopic (exact) mass is 268 g/mol. The van der Waals surface area contributed by atoms with E-state index >= 15 is 0 Å². The minimum atomic E-state index is 0.148. The van der Waals surface area contributed by atoms with Crippen LogP contribution in [0.25, 0.3) is 24.3 Å². The van der Waals surface area contributed by atoms with Crippen molar-refractivity contribution in [2.75, 3.05) is 0 Å². The Balaban J connectivity index is 2.15. The maximum Gasteiger partial charge on any atom is 0.0352 e. The van der Waals surface area contributed by atoms with E-state index in [0.717, 1.165) is 0 Å². The Bertz CT molecular complexity index is 576. The van der Waals surface area contributed by atoms with Gasteiger partial charge in [0.15, 0.2) is 0 Å². The van der Waals surface area contributed by atoms with Crippen LogP contribution >= 0.6 is 11.3 Å². The molecule has 3 rings (SSSR count). The summed E-state index contributed by atoms with van der Waals surface area (Å²) in [6, 6.07) is 0. The fraction of sp³-hybridized carbons (Fsp3) is 0.333. The lowest BCUT2D eigenvalue weighted by Gasteiger charge is -2.12. The molecule has 2 aliphatic rings. The first kappa shape index (κ1) is 12.7. The molecule has 1 aromatic heterocycles. The average Bonchev–Trinajstić information content (AvgIpc) is 2.49. The highest BCUT2D eigenvalue weighted by atomic mass is 32.1. The fourth-order valence-electron chi connectivity index (χ4n) is 2.37. The Hall–Kier alpha value is -1.34. The van der Waals surface area contributed by atoms with Gasteiger partial charge in [-0.25, -0.2) is 0 Å². The van der Waals surface area contributed by atoms with Crippen molar-refractivity contribution in [2.45, 2.75) is 27.7 Å². The van der Waals surface area contributed by atoms with Gasteiger partial charge in [-0.05, 0) is 23.3 Å². The summed E-state index contributed by atoms with van der Waals surface area (Å²) in [6.45, 7) is 8.98. The number of fused-ring (bicyclic) bond motifs is 3. The van der Waals surface area contributed by atoms with E-state index in [0.29, 0.717) is 0 Å². The number of thiophene rings is 1. The maximum atomic E-state index is 2.30. The number of rotatable bonds is 0. The largest absolute Gasteiger partial charge is 0.135 e. The van der Waals surface area contributed by atoms with Gasteiger partial charge in [0.1, 0.15) is 0 Å². The van der Waals surface area contributed by atoms with Gasteiger partial charge in [-0.2, -0.15) is 0 Å². The zero-order valence-corrected chi connectivity index (χ0v) is 12.8. The van der Waals surface area contributed by atoms with E-state index < -0.39 is 0 Å². The van der Waals surface area contributed by atoms with Crippen LogP contribution < -0.4 is 0 Å². The first-order chi connectivity index (χ1) is 8.86. The van der Waals surface area contributed by atoms with Crippen molar-refractivity contribution in [3.05, 3.63) is 45.2 Å². The molecule has 1 heteroatoms. The first-order valence-electron chi connectivity index (χ1n) is 6.80. The van der Waals surface area contributed by atoms with E-state index in [4.69, 9.17) is 0 Å². The molecule has 0 spiro atoms. The van der Waals surface area contributed by atoms with Crippen molar-refractivity contribution in [3.8, 4) is 0 Å². The Morgan fingerprint density at radius 1 is 0.632 bits per heavy atom. The van der Waals surface area contributed by atoms with Gasteiger partial charge in [0.05, 0.1) is 0 Å². The van der Waals surface area contributed by atoms with Crippen molar-refractivity contribution in [3.63, 3.8) is 0 Å². The summed E-state index contributed by atoms with van der Waals surface area (Å²) in [4.78, 5) is 2.75. The molecule has 0 bridgehead atoms. The summed E-state index contributed by atoms with van der Waals surface area (Å²) in [6.07, 6.45) is 18.3. The Kier molecular flexibility index (Phi) is 2.72. The molecule has 0 atom stereocenters. The first-order valence-corrected chi connectivity index (χ1v) is 7.62. The zero-order chi connectivity index (χ0) is 13.7. The molecule has 0 saturated heterocycles. The average molecular weight is 268 g/mol. The number of hydrogen-bond donors (Lipinski definition) is 0. The quantitative estimate of drug-likeness (QED) is 0.551. The third-order valence-electron chi connectivity index (χ3n) is 3.73. The molecule has 0 fully saturated rings. The summed E-state index contributed by atoms with van der Waals surface area (Å²) in [5, 5.41) is 0. The summed E-state index contributed by atoms with van der Waals surface area (Å²) in [5.74, 6) is 0. The van der Waals surface area contributed by atoms with Gasteiger partial charge in [0.2, 0.25) is 0 Å². The van der Waals surface area contributed by atoms with Gasteiger partial charge in [-0.1, -0.05) is 64.2 Å². The van der Waals surface area contributed by atoms with Gasteiger partial charge >= 0.3 is 0 Å². The smallest absolute Gasteiger partial charge is 0.0352 e.